The molecule has 2 rings (SSSR count). The van der Waals surface area contributed by atoms with Crippen LogP contribution in [0.4, 0.5) is 0 Å². The maximum absolute atomic E-state index is 3.77. The molecule has 2 unspecified atom stereocenters. The Kier molecular flexibility index (Phi) is 5.70. The van der Waals surface area contributed by atoms with Gasteiger partial charge >= 0.3 is 0 Å². The first-order valence-electron chi connectivity index (χ1n) is 8.72. The third-order valence-electron chi connectivity index (χ3n) is 5.88. The zero-order valence-electron chi connectivity index (χ0n) is 13.4. The van der Waals surface area contributed by atoms with E-state index >= 15 is 0 Å². The molecule has 0 aromatic heterocycles. The molecule has 1 aliphatic heterocycles. The molecule has 1 heterocycles. The maximum atomic E-state index is 3.77. The molecule has 112 valence electrons. The van der Waals surface area contributed by atoms with E-state index in [9.17, 15) is 0 Å². The lowest BCUT2D eigenvalue weighted by Crippen LogP contribution is -2.49. The Hall–Kier alpha value is -0.0800. The highest BCUT2D eigenvalue weighted by Crippen LogP contribution is 2.39. The predicted molar refractivity (Wildman–Crippen MR) is 83.5 cm³/mol. The molecule has 1 saturated carbocycles. The molecule has 2 heteroatoms. The van der Waals surface area contributed by atoms with Gasteiger partial charge in [0.15, 0.2) is 0 Å². The van der Waals surface area contributed by atoms with Crippen LogP contribution in [0.15, 0.2) is 0 Å². The number of rotatable bonds is 5. The Balaban J connectivity index is 2.02. The van der Waals surface area contributed by atoms with Crippen LogP contribution in [0.2, 0.25) is 0 Å². The molecule has 1 aliphatic carbocycles. The van der Waals surface area contributed by atoms with Crippen molar-refractivity contribution in [3.05, 3.63) is 0 Å². The smallest absolute Gasteiger partial charge is 0.0249 e. The van der Waals surface area contributed by atoms with Crippen LogP contribution in [0, 0.1) is 5.41 Å². The normalized spacial score (nSPS) is 32.4. The number of nitrogens with zero attached hydrogens (tertiary/aromatic N) is 1. The molecule has 0 aromatic carbocycles. The zero-order valence-corrected chi connectivity index (χ0v) is 13.4. The van der Waals surface area contributed by atoms with Crippen LogP contribution in [0.25, 0.3) is 0 Å². The Morgan fingerprint density at radius 1 is 1.05 bits per heavy atom. The summed E-state index contributed by atoms with van der Waals surface area (Å²) in [6, 6.07) is 1.56. The third-order valence-corrected chi connectivity index (χ3v) is 5.88. The van der Waals surface area contributed by atoms with E-state index in [2.05, 4.69) is 31.0 Å². The molecule has 0 bridgehead atoms. The predicted octanol–water partition coefficient (Wildman–Crippen LogP) is 3.81. The molecule has 0 spiro atoms. The molecular weight excluding hydrogens is 232 g/mol. The summed E-state index contributed by atoms with van der Waals surface area (Å²) in [5.74, 6) is 0. The molecule has 1 N–H and O–H groups in total. The van der Waals surface area contributed by atoms with E-state index in [4.69, 9.17) is 0 Å². The van der Waals surface area contributed by atoms with Crippen LogP contribution < -0.4 is 5.32 Å². The van der Waals surface area contributed by atoms with Crippen molar-refractivity contribution in [2.45, 2.75) is 84.2 Å². The van der Waals surface area contributed by atoms with Gasteiger partial charge in [-0.1, -0.05) is 40.0 Å². The summed E-state index contributed by atoms with van der Waals surface area (Å²) in [6.07, 6.45) is 11.3. The van der Waals surface area contributed by atoms with Gasteiger partial charge in [-0.15, -0.1) is 0 Å². The largest absolute Gasteiger partial charge is 0.313 e. The second kappa shape index (κ2) is 7.08. The first-order chi connectivity index (χ1) is 9.24. The van der Waals surface area contributed by atoms with Gasteiger partial charge in [0.1, 0.15) is 0 Å². The number of likely N-dealkylation sites (N-methyl/N-ethyl adjacent to an activating group) is 1. The van der Waals surface area contributed by atoms with Gasteiger partial charge in [-0.25, -0.2) is 0 Å². The summed E-state index contributed by atoms with van der Waals surface area (Å²) in [6.45, 7) is 10.9. The highest BCUT2D eigenvalue weighted by molar-refractivity contribution is 4.95. The Morgan fingerprint density at radius 3 is 2.42 bits per heavy atom. The molecule has 2 aliphatic rings. The lowest BCUT2D eigenvalue weighted by Gasteiger charge is -2.35. The lowest BCUT2D eigenvalue weighted by atomic mass is 9.82. The van der Waals surface area contributed by atoms with Crippen LogP contribution >= 0.6 is 0 Å². The summed E-state index contributed by atoms with van der Waals surface area (Å²) in [5, 5.41) is 3.77. The second-order valence-corrected chi connectivity index (χ2v) is 6.80. The van der Waals surface area contributed by atoms with Crippen molar-refractivity contribution in [3.8, 4) is 0 Å². The van der Waals surface area contributed by atoms with Crippen LogP contribution in [0.5, 0.6) is 0 Å². The van der Waals surface area contributed by atoms with E-state index in [1.165, 1.54) is 64.5 Å². The average molecular weight is 266 g/mol. The van der Waals surface area contributed by atoms with Crippen LogP contribution in [0.1, 0.15) is 72.1 Å². The fraction of sp³-hybridized carbons (Fsp3) is 1.00. The van der Waals surface area contributed by atoms with Gasteiger partial charge in [-0.3, -0.25) is 4.90 Å². The van der Waals surface area contributed by atoms with Crippen LogP contribution in [-0.2, 0) is 0 Å². The van der Waals surface area contributed by atoms with Crippen molar-refractivity contribution in [1.82, 2.24) is 10.2 Å². The quantitative estimate of drug-likeness (QED) is 0.761. The van der Waals surface area contributed by atoms with Crippen molar-refractivity contribution >= 4 is 0 Å². The first-order valence-corrected chi connectivity index (χ1v) is 8.72. The second-order valence-electron chi connectivity index (χ2n) is 6.80. The van der Waals surface area contributed by atoms with Gasteiger partial charge < -0.3 is 5.32 Å². The van der Waals surface area contributed by atoms with E-state index in [0.717, 1.165) is 18.6 Å². The molecule has 19 heavy (non-hydrogen) atoms. The Labute approximate surface area is 120 Å². The summed E-state index contributed by atoms with van der Waals surface area (Å²) in [7, 11) is 0. The molecular formula is C17H34N2. The molecule has 0 amide bonds. The van der Waals surface area contributed by atoms with Gasteiger partial charge in [0.05, 0.1) is 0 Å². The minimum atomic E-state index is 0.628. The SMILES string of the molecule is CCNC1CCCCCC1N1CCC(CC)(CC)C1. The van der Waals surface area contributed by atoms with Crippen molar-refractivity contribution < 1.29 is 0 Å². The van der Waals surface area contributed by atoms with Crippen molar-refractivity contribution in [2.75, 3.05) is 19.6 Å². The molecule has 2 fully saturated rings. The van der Waals surface area contributed by atoms with Crippen LogP contribution in [-0.4, -0.2) is 36.6 Å². The first kappa shape index (κ1) is 15.3. The van der Waals surface area contributed by atoms with E-state index in [0.29, 0.717) is 5.41 Å². The third kappa shape index (κ3) is 3.52. The van der Waals surface area contributed by atoms with Gasteiger partial charge in [0, 0.05) is 18.6 Å². The molecule has 2 atom stereocenters. The molecule has 0 radical (unpaired) electrons. The van der Waals surface area contributed by atoms with Crippen molar-refractivity contribution in [2.24, 2.45) is 5.41 Å². The minimum Gasteiger partial charge on any atom is -0.313 e. The maximum Gasteiger partial charge on any atom is 0.0249 e. The highest BCUT2D eigenvalue weighted by Gasteiger charge is 2.39. The van der Waals surface area contributed by atoms with E-state index in [1.807, 2.05) is 0 Å². The van der Waals surface area contributed by atoms with E-state index in [1.54, 1.807) is 0 Å². The number of likely N-dealkylation sites (tertiary alicyclic amines) is 1. The minimum absolute atomic E-state index is 0.628. The fourth-order valence-corrected chi connectivity index (χ4v) is 4.31. The monoisotopic (exact) mass is 266 g/mol. The van der Waals surface area contributed by atoms with Gasteiger partial charge in [-0.05, 0) is 50.6 Å². The zero-order chi connectivity index (χ0) is 13.7. The standard InChI is InChI=1S/C17H34N2/c1-4-17(5-2)12-13-19(14-17)16-11-9-7-8-10-15(16)18-6-3/h15-16,18H,4-14H2,1-3H3. The van der Waals surface area contributed by atoms with E-state index < -0.39 is 0 Å². The summed E-state index contributed by atoms with van der Waals surface area (Å²) < 4.78 is 0. The molecule has 0 aromatic rings. The summed E-state index contributed by atoms with van der Waals surface area (Å²) >= 11 is 0. The fourth-order valence-electron chi connectivity index (χ4n) is 4.31. The Bertz CT molecular complexity index is 260. The topological polar surface area (TPSA) is 15.3 Å². The van der Waals surface area contributed by atoms with Gasteiger partial charge in [-0.2, -0.15) is 0 Å². The summed E-state index contributed by atoms with van der Waals surface area (Å²) in [5.41, 5.74) is 0.628. The Morgan fingerprint density at radius 2 is 1.79 bits per heavy atom. The van der Waals surface area contributed by atoms with Crippen molar-refractivity contribution in [1.29, 1.82) is 0 Å². The number of nitrogens with one attached hydrogen (secondary N) is 1. The van der Waals surface area contributed by atoms with E-state index in [-0.39, 0.29) is 0 Å². The van der Waals surface area contributed by atoms with Gasteiger partial charge in [0.25, 0.3) is 0 Å². The summed E-state index contributed by atoms with van der Waals surface area (Å²) in [4.78, 5) is 2.84. The highest BCUT2D eigenvalue weighted by atomic mass is 15.2. The average Bonchev–Trinajstić information content (AvgIpc) is 2.74. The van der Waals surface area contributed by atoms with Crippen LogP contribution in [0.3, 0.4) is 0 Å². The number of hydrogen-bond acceptors (Lipinski definition) is 2. The van der Waals surface area contributed by atoms with Crippen molar-refractivity contribution in [3.63, 3.8) is 0 Å². The number of hydrogen-bond donors (Lipinski definition) is 1. The molecule has 2 nitrogen and oxygen atoms in total. The van der Waals surface area contributed by atoms with Gasteiger partial charge in [0.2, 0.25) is 0 Å². The lowest BCUT2D eigenvalue weighted by molar-refractivity contribution is 0.154. The molecule has 1 saturated heterocycles.